The zero-order valence-corrected chi connectivity index (χ0v) is 12.5. The first kappa shape index (κ1) is 14.8. The van der Waals surface area contributed by atoms with E-state index in [9.17, 15) is 4.79 Å². The molecule has 0 aromatic rings. The van der Waals surface area contributed by atoms with Crippen molar-refractivity contribution < 1.29 is 4.79 Å². The Bertz CT molecular complexity index is 287. The second-order valence-electron chi connectivity index (χ2n) is 6.34. The van der Waals surface area contributed by atoms with Crippen molar-refractivity contribution in [2.45, 2.75) is 33.1 Å². The van der Waals surface area contributed by atoms with Gasteiger partial charge in [-0.2, -0.15) is 0 Å². The van der Waals surface area contributed by atoms with Crippen LogP contribution in [0, 0.1) is 11.8 Å². The van der Waals surface area contributed by atoms with E-state index < -0.39 is 0 Å². The van der Waals surface area contributed by atoms with E-state index in [1.807, 2.05) is 0 Å². The van der Waals surface area contributed by atoms with E-state index in [-0.39, 0.29) is 0 Å². The van der Waals surface area contributed by atoms with Gasteiger partial charge in [-0.25, -0.2) is 0 Å². The standard InChI is InChI=1S/C15H29N3O/c1-13(2)14-4-3-8-18(9-5-14)15(19)12-17-10-6-16-7-11-17/h13-14,16H,3-12H2,1-2H3. The zero-order valence-electron chi connectivity index (χ0n) is 12.5. The Morgan fingerprint density at radius 2 is 1.89 bits per heavy atom. The molecule has 1 atom stereocenters. The summed E-state index contributed by atoms with van der Waals surface area (Å²) in [5, 5.41) is 3.33. The molecule has 0 aromatic carbocycles. The topological polar surface area (TPSA) is 35.6 Å². The minimum Gasteiger partial charge on any atom is -0.342 e. The van der Waals surface area contributed by atoms with Crippen LogP contribution in [0.25, 0.3) is 0 Å². The number of piperazine rings is 1. The van der Waals surface area contributed by atoms with Crippen molar-refractivity contribution >= 4 is 5.91 Å². The molecule has 0 radical (unpaired) electrons. The summed E-state index contributed by atoms with van der Waals surface area (Å²) in [6.07, 6.45) is 3.65. The third kappa shape index (κ3) is 4.46. The van der Waals surface area contributed by atoms with Crippen LogP contribution in [0.5, 0.6) is 0 Å². The Morgan fingerprint density at radius 3 is 2.58 bits per heavy atom. The van der Waals surface area contributed by atoms with E-state index in [0.717, 1.165) is 51.1 Å². The van der Waals surface area contributed by atoms with Gasteiger partial charge in [0.2, 0.25) is 5.91 Å². The lowest BCUT2D eigenvalue weighted by Gasteiger charge is -2.29. The Hall–Kier alpha value is -0.610. The molecule has 0 aliphatic carbocycles. The summed E-state index contributed by atoms with van der Waals surface area (Å²) in [4.78, 5) is 16.7. The summed E-state index contributed by atoms with van der Waals surface area (Å²) >= 11 is 0. The van der Waals surface area contributed by atoms with Crippen LogP contribution in [0.2, 0.25) is 0 Å². The van der Waals surface area contributed by atoms with Crippen molar-refractivity contribution in [2.75, 3.05) is 45.8 Å². The van der Waals surface area contributed by atoms with Gasteiger partial charge in [0, 0.05) is 39.3 Å². The van der Waals surface area contributed by atoms with Crippen LogP contribution >= 0.6 is 0 Å². The maximum atomic E-state index is 12.4. The molecule has 4 heteroatoms. The second-order valence-corrected chi connectivity index (χ2v) is 6.34. The van der Waals surface area contributed by atoms with Gasteiger partial charge in [-0.15, -0.1) is 0 Å². The van der Waals surface area contributed by atoms with Gasteiger partial charge in [0.15, 0.2) is 0 Å². The largest absolute Gasteiger partial charge is 0.342 e. The van der Waals surface area contributed by atoms with Crippen LogP contribution in [0.4, 0.5) is 0 Å². The van der Waals surface area contributed by atoms with Crippen molar-refractivity contribution in [1.82, 2.24) is 15.1 Å². The Balaban J connectivity index is 1.78. The number of likely N-dealkylation sites (tertiary alicyclic amines) is 1. The highest BCUT2D eigenvalue weighted by molar-refractivity contribution is 5.78. The summed E-state index contributed by atoms with van der Waals surface area (Å²) in [5.41, 5.74) is 0. The van der Waals surface area contributed by atoms with Gasteiger partial charge in [-0.05, 0) is 31.1 Å². The van der Waals surface area contributed by atoms with Gasteiger partial charge in [0.1, 0.15) is 0 Å². The zero-order chi connectivity index (χ0) is 13.7. The molecule has 19 heavy (non-hydrogen) atoms. The Morgan fingerprint density at radius 1 is 1.16 bits per heavy atom. The van der Waals surface area contributed by atoms with Crippen molar-refractivity contribution in [3.63, 3.8) is 0 Å². The summed E-state index contributed by atoms with van der Waals surface area (Å²) in [6, 6.07) is 0. The van der Waals surface area contributed by atoms with Crippen molar-refractivity contribution in [3.8, 4) is 0 Å². The molecular weight excluding hydrogens is 238 g/mol. The van der Waals surface area contributed by atoms with Gasteiger partial charge in [-0.1, -0.05) is 13.8 Å². The molecule has 2 rings (SSSR count). The third-order valence-electron chi connectivity index (χ3n) is 4.64. The van der Waals surface area contributed by atoms with Crippen molar-refractivity contribution in [1.29, 1.82) is 0 Å². The van der Waals surface area contributed by atoms with E-state index in [1.54, 1.807) is 0 Å². The van der Waals surface area contributed by atoms with Crippen LogP contribution in [-0.2, 0) is 4.79 Å². The molecule has 1 unspecified atom stereocenters. The fourth-order valence-corrected chi connectivity index (χ4v) is 3.20. The number of carbonyl (C=O) groups excluding carboxylic acids is 1. The predicted octanol–water partition coefficient (Wildman–Crippen LogP) is 1.18. The first-order valence-electron chi connectivity index (χ1n) is 7.87. The number of nitrogens with one attached hydrogen (secondary N) is 1. The lowest BCUT2D eigenvalue weighted by molar-refractivity contribution is -0.132. The van der Waals surface area contributed by atoms with Gasteiger partial charge >= 0.3 is 0 Å². The molecule has 110 valence electrons. The van der Waals surface area contributed by atoms with Crippen LogP contribution in [0.3, 0.4) is 0 Å². The van der Waals surface area contributed by atoms with Crippen LogP contribution in [0.1, 0.15) is 33.1 Å². The molecule has 2 aliphatic heterocycles. The summed E-state index contributed by atoms with van der Waals surface area (Å²) in [6.45, 7) is 11.2. The fraction of sp³-hybridized carbons (Fsp3) is 0.933. The number of nitrogens with zero attached hydrogens (tertiary/aromatic N) is 2. The highest BCUT2D eigenvalue weighted by atomic mass is 16.2. The Labute approximate surface area is 117 Å². The van der Waals surface area contributed by atoms with Crippen LogP contribution in [0.15, 0.2) is 0 Å². The molecule has 0 bridgehead atoms. The molecule has 2 aliphatic rings. The molecule has 2 saturated heterocycles. The predicted molar refractivity (Wildman–Crippen MR) is 78.1 cm³/mol. The van der Waals surface area contributed by atoms with Crippen LogP contribution in [-0.4, -0.2) is 61.5 Å². The molecule has 2 fully saturated rings. The van der Waals surface area contributed by atoms with Gasteiger partial charge in [0.25, 0.3) is 0 Å². The van der Waals surface area contributed by atoms with E-state index in [4.69, 9.17) is 0 Å². The molecule has 1 N–H and O–H groups in total. The minimum atomic E-state index is 0.339. The number of carbonyl (C=O) groups is 1. The van der Waals surface area contributed by atoms with Crippen molar-refractivity contribution in [3.05, 3.63) is 0 Å². The third-order valence-corrected chi connectivity index (χ3v) is 4.64. The fourth-order valence-electron chi connectivity index (χ4n) is 3.20. The van der Waals surface area contributed by atoms with E-state index in [1.165, 1.54) is 19.3 Å². The Kier molecular flexibility index (Phi) is 5.64. The molecular formula is C15H29N3O. The van der Waals surface area contributed by atoms with Gasteiger partial charge in [-0.3, -0.25) is 9.69 Å². The quantitative estimate of drug-likeness (QED) is 0.834. The van der Waals surface area contributed by atoms with Gasteiger partial charge < -0.3 is 10.2 Å². The first-order chi connectivity index (χ1) is 9.16. The molecule has 0 aromatic heterocycles. The molecule has 2 heterocycles. The lowest BCUT2D eigenvalue weighted by atomic mass is 9.89. The first-order valence-corrected chi connectivity index (χ1v) is 7.87. The van der Waals surface area contributed by atoms with E-state index in [2.05, 4.69) is 29.0 Å². The average Bonchev–Trinajstić information content (AvgIpc) is 2.65. The van der Waals surface area contributed by atoms with Crippen molar-refractivity contribution in [2.24, 2.45) is 11.8 Å². The summed E-state index contributed by atoms with van der Waals surface area (Å²) in [7, 11) is 0. The monoisotopic (exact) mass is 267 g/mol. The maximum absolute atomic E-state index is 12.4. The number of amides is 1. The number of hydrogen-bond acceptors (Lipinski definition) is 3. The molecule has 0 spiro atoms. The van der Waals surface area contributed by atoms with E-state index in [0.29, 0.717) is 12.5 Å². The van der Waals surface area contributed by atoms with Gasteiger partial charge in [0.05, 0.1) is 6.54 Å². The smallest absolute Gasteiger partial charge is 0.236 e. The lowest BCUT2D eigenvalue weighted by Crippen LogP contribution is -2.48. The maximum Gasteiger partial charge on any atom is 0.236 e. The minimum absolute atomic E-state index is 0.339. The summed E-state index contributed by atoms with van der Waals surface area (Å²) in [5.74, 6) is 1.89. The number of hydrogen-bond donors (Lipinski definition) is 1. The second kappa shape index (κ2) is 7.25. The van der Waals surface area contributed by atoms with Crippen LogP contribution < -0.4 is 5.32 Å². The highest BCUT2D eigenvalue weighted by Crippen LogP contribution is 2.24. The highest BCUT2D eigenvalue weighted by Gasteiger charge is 2.23. The molecule has 4 nitrogen and oxygen atoms in total. The molecule has 1 amide bonds. The SMILES string of the molecule is CC(C)C1CCCN(C(=O)CN2CCNCC2)CC1. The molecule has 0 saturated carbocycles. The average molecular weight is 267 g/mol. The van der Waals surface area contributed by atoms with E-state index >= 15 is 0 Å². The normalized spacial score (nSPS) is 26.5. The summed E-state index contributed by atoms with van der Waals surface area (Å²) < 4.78 is 0. The number of rotatable bonds is 3.